The first-order chi connectivity index (χ1) is 7.48. The number of Topliss-reactive ketones (excluding diaryl/α,β-unsaturated/α-hetero) is 1. The number of imidazole rings is 1. The number of hydrogen-bond donors (Lipinski definition) is 0. The Hall–Kier alpha value is -1.17. The first kappa shape index (κ1) is 11.3. The topological polar surface area (TPSA) is 69.0 Å². The first-order valence-corrected chi connectivity index (χ1v) is 7.01. The molecule has 1 aliphatic rings. The maximum atomic E-state index is 11.8. The molecule has 0 saturated carbocycles. The van der Waals surface area contributed by atoms with Gasteiger partial charge in [0, 0.05) is 25.9 Å². The lowest BCUT2D eigenvalue weighted by Gasteiger charge is -2.05. The smallest absolute Gasteiger partial charge is 0.198 e. The Bertz CT molecular complexity index is 504. The van der Waals surface area contributed by atoms with Gasteiger partial charge >= 0.3 is 0 Å². The molecule has 1 aromatic heterocycles. The molecule has 0 aliphatic carbocycles. The summed E-state index contributed by atoms with van der Waals surface area (Å²) in [6.07, 6.45) is 4.15. The highest BCUT2D eigenvalue weighted by Gasteiger charge is 2.30. The average Bonchev–Trinajstić information content (AvgIpc) is 2.72. The van der Waals surface area contributed by atoms with Gasteiger partial charge in [-0.05, 0) is 12.3 Å². The van der Waals surface area contributed by atoms with Crippen LogP contribution < -0.4 is 0 Å². The zero-order chi connectivity index (χ0) is 11.8. The van der Waals surface area contributed by atoms with Gasteiger partial charge in [0.1, 0.15) is 0 Å². The van der Waals surface area contributed by atoms with Crippen LogP contribution in [-0.4, -0.2) is 35.3 Å². The SMILES string of the molecule is Cn1ccnc1C(=O)CC1CCS(=O)(=O)C1. The number of sulfone groups is 1. The third kappa shape index (κ3) is 2.32. The van der Waals surface area contributed by atoms with Crippen molar-refractivity contribution >= 4 is 15.6 Å². The zero-order valence-electron chi connectivity index (χ0n) is 9.09. The molecular formula is C10H14N2O3S. The second-order valence-corrected chi connectivity index (χ2v) is 6.49. The fourth-order valence-electron chi connectivity index (χ4n) is 2.02. The van der Waals surface area contributed by atoms with E-state index in [1.54, 1.807) is 24.0 Å². The molecule has 1 fully saturated rings. The lowest BCUT2D eigenvalue weighted by Crippen LogP contribution is -2.14. The Morgan fingerprint density at radius 3 is 2.88 bits per heavy atom. The lowest BCUT2D eigenvalue weighted by atomic mass is 10.0. The number of nitrogens with zero attached hydrogens (tertiary/aromatic N) is 2. The first-order valence-electron chi connectivity index (χ1n) is 5.19. The molecular weight excluding hydrogens is 228 g/mol. The van der Waals surface area contributed by atoms with Crippen molar-refractivity contribution in [3.63, 3.8) is 0 Å². The third-order valence-corrected chi connectivity index (χ3v) is 4.71. The molecule has 1 unspecified atom stereocenters. The van der Waals surface area contributed by atoms with Gasteiger partial charge in [-0.15, -0.1) is 0 Å². The molecule has 2 heterocycles. The van der Waals surface area contributed by atoms with Crippen LogP contribution in [0.4, 0.5) is 0 Å². The summed E-state index contributed by atoms with van der Waals surface area (Å²) in [6, 6.07) is 0. The molecule has 5 nitrogen and oxygen atoms in total. The molecule has 0 spiro atoms. The van der Waals surface area contributed by atoms with Crippen molar-refractivity contribution in [1.82, 2.24) is 9.55 Å². The number of aromatic nitrogens is 2. The summed E-state index contributed by atoms with van der Waals surface area (Å²) in [5.41, 5.74) is 0. The van der Waals surface area contributed by atoms with Crippen molar-refractivity contribution in [3.05, 3.63) is 18.2 Å². The normalized spacial score (nSPS) is 23.4. The highest BCUT2D eigenvalue weighted by molar-refractivity contribution is 7.91. The largest absolute Gasteiger partial charge is 0.332 e. The monoisotopic (exact) mass is 242 g/mol. The van der Waals surface area contributed by atoms with Crippen molar-refractivity contribution < 1.29 is 13.2 Å². The Morgan fingerprint density at radius 2 is 2.38 bits per heavy atom. The summed E-state index contributed by atoms with van der Waals surface area (Å²) in [5, 5.41) is 0. The molecule has 6 heteroatoms. The number of carbonyl (C=O) groups is 1. The minimum Gasteiger partial charge on any atom is -0.332 e. The summed E-state index contributed by atoms with van der Waals surface area (Å²) in [5.74, 6) is 0.655. The molecule has 2 rings (SSSR count). The van der Waals surface area contributed by atoms with Gasteiger partial charge in [-0.25, -0.2) is 13.4 Å². The van der Waals surface area contributed by atoms with Gasteiger partial charge in [0.05, 0.1) is 11.5 Å². The molecule has 1 atom stereocenters. The molecule has 16 heavy (non-hydrogen) atoms. The highest BCUT2D eigenvalue weighted by atomic mass is 32.2. The summed E-state index contributed by atoms with van der Waals surface area (Å²) < 4.78 is 24.1. The van der Waals surface area contributed by atoms with Gasteiger partial charge in [-0.1, -0.05) is 0 Å². The molecule has 0 amide bonds. The van der Waals surface area contributed by atoms with Crippen LogP contribution in [0.15, 0.2) is 12.4 Å². The fourth-order valence-corrected chi connectivity index (χ4v) is 3.88. The number of aryl methyl sites for hydroxylation is 1. The maximum absolute atomic E-state index is 11.8. The van der Waals surface area contributed by atoms with Crippen LogP contribution in [0, 0.1) is 5.92 Å². The van der Waals surface area contributed by atoms with Gasteiger partial charge in [-0.2, -0.15) is 0 Å². The van der Waals surface area contributed by atoms with Crippen molar-refractivity contribution in [2.75, 3.05) is 11.5 Å². The molecule has 0 N–H and O–H groups in total. The Kier molecular flexibility index (Phi) is 2.84. The number of ketones is 1. The summed E-state index contributed by atoms with van der Waals surface area (Å²) >= 11 is 0. The number of carbonyl (C=O) groups excluding carboxylic acids is 1. The van der Waals surface area contributed by atoms with Crippen LogP contribution in [0.5, 0.6) is 0 Å². The third-order valence-electron chi connectivity index (χ3n) is 2.87. The quantitative estimate of drug-likeness (QED) is 0.721. The van der Waals surface area contributed by atoms with Crippen LogP contribution >= 0.6 is 0 Å². The van der Waals surface area contributed by atoms with Gasteiger partial charge in [0.25, 0.3) is 0 Å². The van der Waals surface area contributed by atoms with Crippen LogP contribution in [0.2, 0.25) is 0 Å². The van der Waals surface area contributed by atoms with Crippen molar-refractivity contribution in [2.24, 2.45) is 13.0 Å². The van der Waals surface area contributed by atoms with Crippen molar-refractivity contribution in [1.29, 1.82) is 0 Å². The number of rotatable bonds is 3. The Balaban J connectivity index is 2.02. The second-order valence-electron chi connectivity index (χ2n) is 4.26. The minimum absolute atomic E-state index is 0.0331. The average molecular weight is 242 g/mol. The van der Waals surface area contributed by atoms with E-state index in [4.69, 9.17) is 0 Å². The predicted molar refractivity (Wildman–Crippen MR) is 58.9 cm³/mol. The van der Waals surface area contributed by atoms with E-state index in [0.717, 1.165) is 0 Å². The van der Waals surface area contributed by atoms with Gasteiger partial charge in [-0.3, -0.25) is 4.79 Å². The standard InChI is InChI=1S/C10H14N2O3S/c1-12-4-3-11-10(12)9(13)6-8-2-5-16(14,15)7-8/h3-4,8H,2,5-7H2,1H3. The summed E-state index contributed by atoms with van der Waals surface area (Å²) in [4.78, 5) is 15.8. The van der Waals surface area contributed by atoms with Crippen molar-refractivity contribution in [2.45, 2.75) is 12.8 Å². The van der Waals surface area contributed by atoms with Gasteiger partial charge < -0.3 is 4.57 Å². The second kappa shape index (κ2) is 4.01. The van der Waals surface area contributed by atoms with Crippen LogP contribution in [0.1, 0.15) is 23.5 Å². The lowest BCUT2D eigenvalue weighted by molar-refractivity contribution is 0.0952. The molecule has 0 aromatic carbocycles. The molecule has 1 saturated heterocycles. The van der Waals surface area contributed by atoms with E-state index in [2.05, 4.69) is 4.98 Å². The van der Waals surface area contributed by atoms with Gasteiger partial charge in [0.15, 0.2) is 21.4 Å². The van der Waals surface area contributed by atoms with Crippen LogP contribution in [0.3, 0.4) is 0 Å². The number of hydrogen-bond acceptors (Lipinski definition) is 4. The molecule has 1 aliphatic heterocycles. The van der Waals surface area contributed by atoms with E-state index in [1.807, 2.05) is 0 Å². The predicted octanol–water partition coefficient (Wildman–Crippen LogP) is 0.428. The zero-order valence-corrected chi connectivity index (χ0v) is 9.90. The summed E-state index contributed by atoms with van der Waals surface area (Å²) in [7, 11) is -1.14. The molecule has 0 radical (unpaired) electrons. The molecule has 0 bridgehead atoms. The van der Waals surface area contributed by atoms with Crippen LogP contribution in [-0.2, 0) is 16.9 Å². The highest BCUT2D eigenvalue weighted by Crippen LogP contribution is 2.22. The summed E-state index contributed by atoms with van der Waals surface area (Å²) in [6.45, 7) is 0. The minimum atomic E-state index is -2.90. The van der Waals surface area contributed by atoms with E-state index >= 15 is 0 Å². The van der Waals surface area contributed by atoms with E-state index in [-0.39, 0.29) is 29.6 Å². The van der Waals surface area contributed by atoms with Gasteiger partial charge in [0.2, 0.25) is 0 Å². The van der Waals surface area contributed by atoms with E-state index in [9.17, 15) is 13.2 Å². The van der Waals surface area contributed by atoms with E-state index < -0.39 is 9.84 Å². The maximum Gasteiger partial charge on any atom is 0.198 e. The van der Waals surface area contributed by atoms with Crippen LogP contribution in [0.25, 0.3) is 0 Å². The van der Waals surface area contributed by atoms with E-state index in [1.165, 1.54) is 0 Å². The van der Waals surface area contributed by atoms with E-state index in [0.29, 0.717) is 12.2 Å². The fraction of sp³-hybridized carbons (Fsp3) is 0.600. The van der Waals surface area contributed by atoms with Crippen molar-refractivity contribution in [3.8, 4) is 0 Å². The Morgan fingerprint density at radius 1 is 1.62 bits per heavy atom. The Labute approximate surface area is 94.4 Å². The molecule has 88 valence electrons. The molecule has 1 aromatic rings.